The Morgan fingerprint density at radius 3 is 3.36 bits per heavy atom. The van der Waals surface area contributed by atoms with E-state index in [-0.39, 0.29) is 0 Å². The summed E-state index contributed by atoms with van der Waals surface area (Å²) in [5.41, 5.74) is 1.19. The van der Waals surface area contributed by atoms with Crippen LogP contribution in [-0.2, 0) is 6.42 Å². The lowest BCUT2D eigenvalue weighted by Gasteiger charge is -2.01. The number of hydrogen-bond donors (Lipinski definition) is 0. The average molecular weight is 146 g/mol. The fraction of sp³-hybridized carbons (Fsp3) is 0.400. The standard InChI is InChI=1S/C10H10O/c1-2-7-10-9(5-1)6-3-4-8-11-10/h2,7H,3-4,6,8H2. The monoisotopic (exact) mass is 146 g/mol. The second kappa shape index (κ2) is 2.84. The smallest absolute Gasteiger partial charge is 0.131 e. The van der Waals surface area contributed by atoms with Gasteiger partial charge in [-0.25, -0.2) is 0 Å². The molecule has 56 valence electrons. The van der Waals surface area contributed by atoms with E-state index in [0.717, 1.165) is 25.2 Å². The summed E-state index contributed by atoms with van der Waals surface area (Å²) in [7, 11) is 0. The van der Waals surface area contributed by atoms with Crippen molar-refractivity contribution in [1.82, 2.24) is 0 Å². The van der Waals surface area contributed by atoms with Crippen molar-refractivity contribution in [3.05, 3.63) is 29.8 Å². The molecule has 0 saturated heterocycles. The highest BCUT2D eigenvalue weighted by Gasteiger charge is 2.06. The van der Waals surface area contributed by atoms with E-state index in [4.69, 9.17) is 4.74 Å². The fourth-order valence-electron chi connectivity index (χ4n) is 1.32. The van der Waals surface area contributed by atoms with Crippen LogP contribution in [0.5, 0.6) is 5.75 Å². The van der Waals surface area contributed by atoms with E-state index in [1.54, 1.807) is 0 Å². The Morgan fingerprint density at radius 1 is 1.36 bits per heavy atom. The summed E-state index contributed by atoms with van der Waals surface area (Å²) in [5.74, 6) is 1.00. The van der Waals surface area contributed by atoms with Gasteiger partial charge in [0.25, 0.3) is 0 Å². The van der Waals surface area contributed by atoms with Crippen molar-refractivity contribution in [2.75, 3.05) is 6.61 Å². The van der Waals surface area contributed by atoms with E-state index in [1.165, 1.54) is 12.0 Å². The number of hydrogen-bond acceptors (Lipinski definition) is 1. The molecule has 0 fully saturated rings. The van der Waals surface area contributed by atoms with Gasteiger partial charge in [0.1, 0.15) is 5.75 Å². The van der Waals surface area contributed by atoms with Gasteiger partial charge in [-0.1, -0.05) is 12.1 Å². The average Bonchev–Trinajstić information content (AvgIpc) is 2.28. The molecule has 1 nitrogen and oxygen atoms in total. The molecule has 0 spiro atoms. The third-order valence-corrected chi connectivity index (χ3v) is 1.92. The number of ether oxygens (including phenoxy) is 1. The first-order valence-electron chi connectivity index (χ1n) is 4.01. The van der Waals surface area contributed by atoms with Crippen molar-refractivity contribution in [2.45, 2.75) is 19.3 Å². The first-order chi connectivity index (χ1) is 5.47. The molecule has 1 heteroatoms. The van der Waals surface area contributed by atoms with Gasteiger partial charge in [-0.3, -0.25) is 0 Å². The van der Waals surface area contributed by atoms with Gasteiger partial charge in [0.2, 0.25) is 0 Å². The van der Waals surface area contributed by atoms with Crippen LogP contribution in [0.3, 0.4) is 0 Å². The van der Waals surface area contributed by atoms with Crippen LogP contribution in [0.15, 0.2) is 12.1 Å². The molecular weight excluding hydrogens is 136 g/mol. The van der Waals surface area contributed by atoms with Gasteiger partial charge in [0.05, 0.1) is 6.61 Å². The van der Waals surface area contributed by atoms with Gasteiger partial charge >= 0.3 is 0 Å². The SMILES string of the molecule is c1ccc2c(c#1)CCCCO2. The lowest BCUT2D eigenvalue weighted by Crippen LogP contribution is -1.93. The van der Waals surface area contributed by atoms with E-state index >= 15 is 0 Å². The van der Waals surface area contributed by atoms with Crippen LogP contribution in [0, 0.1) is 12.1 Å². The summed E-state index contributed by atoms with van der Waals surface area (Å²) in [5, 5.41) is 0. The third kappa shape index (κ3) is 1.30. The molecule has 0 radical (unpaired) electrons. The van der Waals surface area contributed by atoms with Gasteiger partial charge in [0, 0.05) is 5.56 Å². The molecule has 1 heterocycles. The second-order valence-electron chi connectivity index (χ2n) is 2.75. The van der Waals surface area contributed by atoms with Crippen molar-refractivity contribution in [3.63, 3.8) is 0 Å². The van der Waals surface area contributed by atoms with E-state index < -0.39 is 0 Å². The molecule has 1 aromatic rings. The maximum Gasteiger partial charge on any atom is 0.131 e. The molecule has 1 aromatic carbocycles. The molecule has 11 heavy (non-hydrogen) atoms. The largest absolute Gasteiger partial charge is 0.493 e. The first kappa shape index (κ1) is 6.54. The molecule has 0 amide bonds. The van der Waals surface area contributed by atoms with E-state index in [1.807, 2.05) is 12.1 Å². The lowest BCUT2D eigenvalue weighted by molar-refractivity contribution is 0.317. The molecule has 0 bridgehead atoms. The second-order valence-corrected chi connectivity index (χ2v) is 2.75. The fourth-order valence-corrected chi connectivity index (χ4v) is 1.32. The Kier molecular flexibility index (Phi) is 1.69. The zero-order valence-corrected chi connectivity index (χ0v) is 6.39. The van der Waals surface area contributed by atoms with Crippen LogP contribution < -0.4 is 4.74 Å². The summed E-state index contributed by atoms with van der Waals surface area (Å²) in [6.07, 6.45) is 3.45. The summed E-state index contributed by atoms with van der Waals surface area (Å²) in [6.45, 7) is 0.852. The van der Waals surface area contributed by atoms with Crippen molar-refractivity contribution < 1.29 is 4.74 Å². The lowest BCUT2D eigenvalue weighted by atomic mass is 10.1. The minimum atomic E-state index is 0.852. The Hall–Kier alpha value is -1.16. The van der Waals surface area contributed by atoms with E-state index in [9.17, 15) is 0 Å². The predicted octanol–water partition coefficient (Wildman–Crippen LogP) is 2.00. The molecule has 1 aliphatic rings. The highest BCUT2D eigenvalue weighted by Crippen LogP contribution is 2.20. The molecule has 0 saturated carbocycles. The van der Waals surface area contributed by atoms with Gasteiger partial charge < -0.3 is 4.74 Å². The van der Waals surface area contributed by atoms with Gasteiger partial charge in [-0.15, -0.1) is 0 Å². The maximum absolute atomic E-state index is 5.50. The Morgan fingerprint density at radius 2 is 2.36 bits per heavy atom. The zero-order valence-electron chi connectivity index (χ0n) is 6.39. The Bertz CT molecular complexity index is 217. The molecule has 1 aliphatic heterocycles. The zero-order chi connectivity index (χ0) is 7.52. The molecular formula is C10H10O. The minimum Gasteiger partial charge on any atom is -0.493 e. The van der Waals surface area contributed by atoms with Crippen LogP contribution in [0.1, 0.15) is 18.4 Å². The van der Waals surface area contributed by atoms with E-state index in [0.29, 0.717) is 0 Å². The predicted molar refractivity (Wildman–Crippen MR) is 42.5 cm³/mol. The van der Waals surface area contributed by atoms with Crippen LogP contribution in [0.4, 0.5) is 0 Å². The molecule has 0 N–H and O–H groups in total. The summed E-state index contributed by atoms with van der Waals surface area (Å²) in [6, 6.07) is 9.84. The molecule has 2 rings (SSSR count). The quantitative estimate of drug-likeness (QED) is 0.544. The van der Waals surface area contributed by atoms with Gasteiger partial charge in [-0.05, 0) is 31.4 Å². The Labute approximate surface area is 67.0 Å². The van der Waals surface area contributed by atoms with Crippen molar-refractivity contribution in [1.29, 1.82) is 0 Å². The molecule has 0 atom stereocenters. The van der Waals surface area contributed by atoms with Crippen molar-refractivity contribution in [3.8, 4) is 5.75 Å². The first-order valence-corrected chi connectivity index (χ1v) is 4.01. The van der Waals surface area contributed by atoms with Gasteiger partial charge in [0.15, 0.2) is 0 Å². The maximum atomic E-state index is 5.50. The highest BCUT2D eigenvalue weighted by atomic mass is 16.5. The minimum absolute atomic E-state index is 0.852. The normalized spacial score (nSPS) is 15.6. The number of fused-ring (bicyclic) bond motifs is 1. The Balaban J connectivity index is 2.33. The van der Waals surface area contributed by atoms with Crippen LogP contribution in [-0.4, -0.2) is 6.61 Å². The summed E-state index contributed by atoms with van der Waals surface area (Å²) >= 11 is 0. The third-order valence-electron chi connectivity index (χ3n) is 1.92. The topological polar surface area (TPSA) is 9.23 Å². The van der Waals surface area contributed by atoms with E-state index in [2.05, 4.69) is 12.1 Å². The molecule has 0 aromatic heterocycles. The van der Waals surface area contributed by atoms with Crippen LogP contribution >= 0.6 is 0 Å². The summed E-state index contributed by atoms with van der Waals surface area (Å²) < 4.78 is 5.50. The van der Waals surface area contributed by atoms with Crippen LogP contribution in [0.25, 0.3) is 0 Å². The number of rotatable bonds is 0. The van der Waals surface area contributed by atoms with Crippen molar-refractivity contribution >= 4 is 0 Å². The highest BCUT2D eigenvalue weighted by molar-refractivity contribution is 5.30. The van der Waals surface area contributed by atoms with Crippen LogP contribution in [0.2, 0.25) is 0 Å². The van der Waals surface area contributed by atoms with Crippen molar-refractivity contribution in [2.24, 2.45) is 0 Å². The summed E-state index contributed by atoms with van der Waals surface area (Å²) in [4.78, 5) is 0. The molecule has 0 aliphatic carbocycles. The molecule has 0 unspecified atom stereocenters. The van der Waals surface area contributed by atoms with Gasteiger partial charge in [-0.2, -0.15) is 0 Å².